The third-order valence-corrected chi connectivity index (χ3v) is 3.28. The lowest BCUT2D eigenvalue weighted by molar-refractivity contribution is 0.0695. The first kappa shape index (κ1) is 15.3. The summed E-state index contributed by atoms with van der Waals surface area (Å²) < 4.78 is 0. The minimum absolute atomic E-state index is 0.0519. The standard InChI is InChI=1S/C14H10Cl2N2O3/c1-7-9(14(20)21)3-5-12(17-7)13(19)18-11-4-2-8(15)6-10(11)16/h2-6H,1H3,(H,18,19)(H,20,21). The van der Waals surface area contributed by atoms with Crippen LogP contribution in [0.1, 0.15) is 26.5 Å². The highest BCUT2D eigenvalue weighted by molar-refractivity contribution is 6.36. The number of carboxylic acid groups (broad SMARTS) is 1. The molecular formula is C14H10Cl2N2O3. The quantitative estimate of drug-likeness (QED) is 0.903. The Morgan fingerprint density at radius 1 is 1.19 bits per heavy atom. The minimum atomic E-state index is -1.09. The molecule has 0 aliphatic rings. The molecule has 7 heteroatoms. The van der Waals surface area contributed by atoms with Gasteiger partial charge in [-0.1, -0.05) is 23.2 Å². The normalized spacial score (nSPS) is 10.2. The summed E-state index contributed by atoms with van der Waals surface area (Å²) in [6, 6.07) is 7.35. The highest BCUT2D eigenvalue weighted by Crippen LogP contribution is 2.25. The van der Waals surface area contributed by atoms with Crippen molar-refractivity contribution >= 4 is 40.8 Å². The van der Waals surface area contributed by atoms with Crippen molar-refractivity contribution in [3.63, 3.8) is 0 Å². The van der Waals surface area contributed by atoms with Gasteiger partial charge in [0, 0.05) is 5.02 Å². The second-order valence-electron chi connectivity index (χ2n) is 4.21. The average Bonchev–Trinajstić information content (AvgIpc) is 2.41. The molecular weight excluding hydrogens is 315 g/mol. The number of carbonyl (C=O) groups is 2. The van der Waals surface area contributed by atoms with Crippen molar-refractivity contribution < 1.29 is 14.7 Å². The van der Waals surface area contributed by atoms with Crippen LogP contribution in [0, 0.1) is 6.92 Å². The second-order valence-corrected chi connectivity index (χ2v) is 5.06. The third-order valence-electron chi connectivity index (χ3n) is 2.73. The zero-order chi connectivity index (χ0) is 15.6. The largest absolute Gasteiger partial charge is 0.478 e. The molecule has 1 aromatic heterocycles. The molecule has 0 spiro atoms. The van der Waals surface area contributed by atoms with Gasteiger partial charge in [0.1, 0.15) is 5.69 Å². The second kappa shape index (κ2) is 6.11. The van der Waals surface area contributed by atoms with E-state index < -0.39 is 11.9 Å². The smallest absolute Gasteiger partial charge is 0.337 e. The van der Waals surface area contributed by atoms with E-state index in [1.165, 1.54) is 25.1 Å². The Hall–Kier alpha value is -2.11. The topological polar surface area (TPSA) is 79.3 Å². The molecule has 5 nitrogen and oxygen atoms in total. The number of halogens is 2. The van der Waals surface area contributed by atoms with Crippen molar-refractivity contribution in [2.24, 2.45) is 0 Å². The molecule has 21 heavy (non-hydrogen) atoms. The van der Waals surface area contributed by atoms with Gasteiger partial charge >= 0.3 is 5.97 Å². The SMILES string of the molecule is Cc1nc(C(=O)Nc2ccc(Cl)cc2Cl)ccc1C(=O)O. The summed E-state index contributed by atoms with van der Waals surface area (Å²) in [4.78, 5) is 26.9. The molecule has 2 aromatic rings. The number of nitrogens with zero attached hydrogens (tertiary/aromatic N) is 1. The first-order chi connectivity index (χ1) is 9.88. The molecule has 1 amide bonds. The van der Waals surface area contributed by atoms with Crippen LogP contribution in [0.15, 0.2) is 30.3 Å². The van der Waals surface area contributed by atoms with E-state index in [1.807, 2.05) is 0 Å². The summed E-state index contributed by atoms with van der Waals surface area (Å²) in [5.74, 6) is -1.58. The van der Waals surface area contributed by atoms with Gasteiger partial charge < -0.3 is 10.4 Å². The minimum Gasteiger partial charge on any atom is -0.478 e. The van der Waals surface area contributed by atoms with Crippen LogP contribution in [0.5, 0.6) is 0 Å². The zero-order valence-corrected chi connectivity index (χ0v) is 12.4. The third kappa shape index (κ3) is 3.51. The van der Waals surface area contributed by atoms with Crippen LogP contribution in [0.2, 0.25) is 10.0 Å². The summed E-state index contributed by atoms with van der Waals surface area (Å²) in [7, 11) is 0. The number of nitrogens with one attached hydrogen (secondary N) is 1. The summed E-state index contributed by atoms with van der Waals surface area (Å²) in [5, 5.41) is 12.3. The maximum atomic E-state index is 12.1. The predicted octanol–water partition coefficient (Wildman–Crippen LogP) is 3.65. The summed E-state index contributed by atoms with van der Waals surface area (Å²) in [6.07, 6.45) is 0. The molecule has 0 bridgehead atoms. The number of carbonyl (C=O) groups excluding carboxylic acids is 1. The van der Waals surface area contributed by atoms with Gasteiger partial charge in [0.2, 0.25) is 0 Å². The van der Waals surface area contributed by atoms with E-state index in [0.29, 0.717) is 15.7 Å². The maximum Gasteiger partial charge on any atom is 0.337 e. The molecule has 0 radical (unpaired) electrons. The number of hydrogen-bond donors (Lipinski definition) is 2. The fraction of sp³-hybridized carbons (Fsp3) is 0.0714. The lowest BCUT2D eigenvalue weighted by Crippen LogP contribution is -2.15. The average molecular weight is 325 g/mol. The van der Waals surface area contributed by atoms with Crippen molar-refractivity contribution in [3.8, 4) is 0 Å². The van der Waals surface area contributed by atoms with Crippen LogP contribution in [-0.4, -0.2) is 22.0 Å². The highest BCUT2D eigenvalue weighted by Gasteiger charge is 2.14. The molecule has 0 fully saturated rings. The van der Waals surface area contributed by atoms with E-state index in [0.717, 1.165) is 0 Å². The van der Waals surface area contributed by atoms with Gasteiger partial charge in [-0.05, 0) is 37.3 Å². The number of aryl methyl sites for hydroxylation is 1. The molecule has 0 aliphatic carbocycles. The number of aromatic carboxylic acids is 1. The van der Waals surface area contributed by atoms with Gasteiger partial charge in [-0.2, -0.15) is 0 Å². The Morgan fingerprint density at radius 3 is 2.48 bits per heavy atom. The number of anilines is 1. The number of carboxylic acids is 1. The molecule has 1 aromatic carbocycles. The van der Waals surface area contributed by atoms with Crippen LogP contribution >= 0.6 is 23.2 Å². The molecule has 0 unspecified atom stereocenters. The number of pyridine rings is 1. The molecule has 2 N–H and O–H groups in total. The molecule has 2 rings (SSSR count). The number of benzene rings is 1. The van der Waals surface area contributed by atoms with Crippen LogP contribution in [-0.2, 0) is 0 Å². The molecule has 108 valence electrons. The Kier molecular flexibility index (Phi) is 4.45. The Balaban J connectivity index is 2.24. The van der Waals surface area contributed by atoms with E-state index in [1.54, 1.807) is 12.1 Å². The van der Waals surface area contributed by atoms with Gasteiger partial charge in [0.05, 0.1) is 22.0 Å². The fourth-order valence-corrected chi connectivity index (χ4v) is 2.15. The van der Waals surface area contributed by atoms with E-state index in [2.05, 4.69) is 10.3 Å². The van der Waals surface area contributed by atoms with E-state index in [4.69, 9.17) is 28.3 Å². The van der Waals surface area contributed by atoms with Gasteiger partial charge in [-0.15, -0.1) is 0 Å². The van der Waals surface area contributed by atoms with Crippen molar-refractivity contribution in [2.45, 2.75) is 6.92 Å². The highest BCUT2D eigenvalue weighted by atomic mass is 35.5. The molecule has 0 saturated carbocycles. The summed E-state index contributed by atoms with van der Waals surface area (Å²) >= 11 is 11.7. The predicted molar refractivity (Wildman–Crippen MR) is 80.3 cm³/mol. The van der Waals surface area contributed by atoms with Crippen molar-refractivity contribution in [2.75, 3.05) is 5.32 Å². The van der Waals surface area contributed by atoms with Gasteiger partial charge in [0.15, 0.2) is 0 Å². The van der Waals surface area contributed by atoms with Gasteiger partial charge in [-0.3, -0.25) is 4.79 Å². The lowest BCUT2D eigenvalue weighted by Gasteiger charge is -2.08. The van der Waals surface area contributed by atoms with Crippen LogP contribution in [0.25, 0.3) is 0 Å². The van der Waals surface area contributed by atoms with E-state index in [9.17, 15) is 9.59 Å². The van der Waals surface area contributed by atoms with Crippen LogP contribution in [0.3, 0.4) is 0 Å². The Morgan fingerprint density at radius 2 is 1.90 bits per heavy atom. The number of aromatic nitrogens is 1. The first-order valence-electron chi connectivity index (χ1n) is 5.86. The summed E-state index contributed by atoms with van der Waals surface area (Å²) in [5.41, 5.74) is 0.810. The Labute approximate surface area is 130 Å². The first-order valence-corrected chi connectivity index (χ1v) is 6.61. The number of rotatable bonds is 3. The van der Waals surface area contributed by atoms with Crippen molar-refractivity contribution in [3.05, 3.63) is 57.3 Å². The fourth-order valence-electron chi connectivity index (χ4n) is 1.69. The molecule has 0 atom stereocenters. The van der Waals surface area contributed by atoms with Crippen molar-refractivity contribution in [1.29, 1.82) is 0 Å². The number of hydrogen-bond acceptors (Lipinski definition) is 3. The van der Waals surface area contributed by atoms with E-state index in [-0.39, 0.29) is 17.0 Å². The van der Waals surface area contributed by atoms with E-state index >= 15 is 0 Å². The Bertz CT molecular complexity index is 732. The van der Waals surface area contributed by atoms with Crippen molar-refractivity contribution in [1.82, 2.24) is 4.98 Å². The van der Waals surface area contributed by atoms with Crippen LogP contribution < -0.4 is 5.32 Å². The molecule has 0 saturated heterocycles. The molecule has 1 heterocycles. The maximum absolute atomic E-state index is 12.1. The lowest BCUT2D eigenvalue weighted by atomic mass is 10.2. The summed E-state index contributed by atoms with van der Waals surface area (Å²) in [6.45, 7) is 1.52. The zero-order valence-electron chi connectivity index (χ0n) is 10.9. The van der Waals surface area contributed by atoms with Gasteiger partial charge in [0.25, 0.3) is 5.91 Å². The molecule has 0 aliphatic heterocycles. The van der Waals surface area contributed by atoms with Crippen LogP contribution in [0.4, 0.5) is 5.69 Å². The monoisotopic (exact) mass is 324 g/mol. The van der Waals surface area contributed by atoms with Gasteiger partial charge in [-0.25, -0.2) is 9.78 Å². The number of amides is 1.